The normalized spacial score (nSPS) is 12.7. The second-order valence-electron chi connectivity index (χ2n) is 4.13. The number of sulfonamides is 1. The summed E-state index contributed by atoms with van der Waals surface area (Å²) in [5, 5.41) is 17.1. The first-order valence-electron chi connectivity index (χ1n) is 5.53. The number of hydrogen-bond acceptors (Lipinski definition) is 4. The number of carbonyl (C=O) groups is 1. The Hall–Kier alpha value is -1.86. The quantitative estimate of drug-likeness (QED) is 0.684. The van der Waals surface area contributed by atoms with Crippen molar-refractivity contribution in [2.24, 2.45) is 5.14 Å². The van der Waals surface area contributed by atoms with Crippen LogP contribution in [0.2, 0.25) is 0 Å². The fourth-order valence-electron chi connectivity index (χ4n) is 1.58. The third kappa shape index (κ3) is 4.08. The minimum Gasteiger partial charge on any atom is -0.478 e. The van der Waals surface area contributed by atoms with Gasteiger partial charge in [0, 0.05) is 11.7 Å². The zero-order valence-electron chi connectivity index (χ0n) is 10.5. The third-order valence-corrected chi connectivity index (χ3v) is 3.38. The lowest BCUT2D eigenvalue weighted by molar-refractivity contribution is 0.0697. The molecule has 7 heteroatoms. The van der Waals surface area contributed by atoms with E-state index < -0.39 is 16.0 Å². The zero-order valence-corrected chi connectivity index (χ0v) is 11.3. The summed E-state index contributed by atoms with van der Waals surface area (Å²) in [5.74, 6) is -1.22. The van der Waals surface area contributed by atoms with Crippen molar-refractivity contribution in [3.8, 4) is 0 Å². The van der Waals surface area contributed by atoms with Gasteiger partial charge < -0.3 is 10.4 Å². The highest BCUT2D eigenvalue weighted by atomic mass is 32.2. The van der Waals surface area contributed by atoms with Crippen LogP contribution in [0.1, 0.15) is 23.7 Å². The van der Waals surface area contributed by atoms with E-state index in [4.69, 9.17) is 10.2 Å². The molecule has 0 saturated heterocycles. The van der Waals surface area contributed by atoms with Gasteiger partial charge in [-0.1, -0.05) is 6.08 Å². The van der Waals surface area contributed by atoms with Crippen molar-refractivity contribution in [1.29, 1.82) is 0 Å². The molecule has 0 bridgehead atoms. The van der Waals surface area contributed by atoms with Crippen LogP contribution in [0.3, 0.4) is 0 Å². The highest BCUT2D eigenvalue weighted by Crippen LogP contribution is 2.21. The van der Waals surface area contributed by atoms with Gasteiger partial charge in [-0.25, -0.2) is 18.4 Å². The molecule has 0 aliphatic heterocycles. The predicted octanol–water partition coefficient (Wildman–Crippen LogP) is 1.41. The van der Waals surface area contributed by atoms with Crippen LogP contribution in [0.15, 0.2) is 35.7 Å². The molecule has 104 valence electrons. The van der Waals surface area contributed by atoms with Crippen molar-refractivity contribution in [3.05, 3.63) is 36.4 Å². The van der Waals surface area contributed by atoms with Gasteiger partial charge in [0.05, 0.1) is 10.5 Å². The fourth-order valence-corrected chi connectivity index (χ4v) is 2.12. The Kier molecular flexibility index (Phi) is 4.68. The van der Waals surface area contributed by atoms with Crippen molar-refractivity contribution in [2.45, 2.75) is 24.3 Å². The molecule has 0 fully saturated rings. The predicted molar refractivity (Wildman–Crippen MR) is 72.7 cm³/mol. The Morgan fingerprint density at radius 2 is 2.21 bits per heavy atom. The number of anilines is 1. The molecular formula is C12H16N2O4S. The number of nitrogens with one attached hydrogen (secondary N) is 1. The Balaban J connectivity index is 3.19. The van der Waals surface area contributed by atoms with Gasteiger partial charge in [0.25, 0.3) is 0 Å². The molecule has 6 nitrogen and oxygen atoms in total. The molecule has 0 aliphatic carbocycles. The van der Waals surface area contributed by atoms with Gasteiger partial charge in [0.15, 0.2) is 0 Å². The summed E-state index contributed by atoms with van der Waals surface area (Å²) in [6.45, 7) is 5.46. The maximum atomic E-state index is 11.2. The SMILES string of the molecule is C=CCC(C)Nc1ccc(S(N)(=O)=O)cc1C(=O)O. The molecule has 4 N–H and O–H groups in total. The molecule has 1 aromatic rings. The van der Waals surface area contributed by atoms with E-state index in [1.165, 1.54) is 12.1 Å². The number of hydrogen-bond donors (Lipinski definition) is 3. The second kappa shape index (κ2) is 5.85. The maximum Gasteiger partial charge on any atom is 0.337 e. The number of rotatable bonds is 6. The van der Waals surface area contributed by atoms with Crippen LogP contribution in [0.25, 0.3) is 0 Å². The van der Waals surface area contributed by atoms with Gasteiger partial charge in [-0.15, -0.1) is 6.58 Å². The van der Waals surface area contributed by atoms with Gasteiger partial charge in [0.1, 0.15) is 0 Å². The largest absolute Gasteiger partial charge is 0.478 e. The molecule has 1 atom stereocenters. The van der Waals surface area contributed by atoms with Crippen molar-refractivity contribution in [1.82, 2.24) is 0 Å². The molecule has 0 heterocycles. The zero-order chi connectivity index (χ0) is 14.6. The van der Waals surface area contributed by atoms with E-state index in [-0.39, 0.29) is 16.5 Å². The van der Waals surface area contributed by atoms with Crippen LogP contribution in [0.5, 0.6) is 0 Å². The number of benzene rings is 1. The average molecular weight is 284 g/mol. The molecule has 0 amide bonds. The lowest BCUT2D eigenvalue weighted by Gasteiger charge is -2.15. The van der Waals surface area contributed by atoms with Gasteiger partial charge in [-0.3, -0.25) is 0 Å². The molecular weight excluding hydrogens is 268 g/mol. The van der Waals surface area contributed by atoms with Crippen molar-refractivity contribution in [3.63, 3.8) is 0 Å². The highest BCUT2D eigenvalue weighted by Gasteiger charge is 2.16. The van der Waals surface area contributed by atoms with Gasteiger partial charge >= 0.3 is 5.97 Å². The number of primary sulfonamides is 1. The number of carboxylic acids is 1. The van der Waals surface area contributed by atoms with Crippen molar-refractivity contribution in [2.75, 3.05) is 5.32 Å². The van der Waals surface area contributed by atoms with Crippen molar-refractivity contribution >= 4 is 21.7 Å². The molecule has 0 radical (unpaired) electrons. The van der Waals surface area contributed by atoms with E-state index in [2.05, 4.69) is 11.9 Å². The summed E-state index contributed by atoms with van der Waals surface area (Å²) in [6.07, 6.45) is 2.35. The second-order valence-corrected chi connectivity index (χ2v) is 5.69. The number of nitrogens with two attached hydrogens (primary N) is 1. The molecule has 0 spiro atoms. The monoisotopic (exact) mass is 284 g/mol. The first kappa shape index (κ1) is 15.2. The molecule has 0 aliphatic rings. The lowest BCUT2D eigenvalue weighted by atomic mass is 10.1. The van der Waals surface area contributed by atoms with E-state index in [9.17, 15) is 13.2 Å². The Morgan fingerprint density at radius 1 is 1.58 bits per heavy atom. The molecule has 1 aromatic carbocycles. The summed E-state index contributed by atoms with van der Waals surface area (Å²) < 4.78 is 22.4. The smallest absolute Gasteiger partial charge is 0.337 e. The maximum absolute atomic E-state index is 11.2. The minimum atomic E-state index is -3.92. The first-order valence-corrected chi connectivity index (χ1v) is 7.08. The standard InChI is InChI=1S/C12H16N2O4S/c1-3-4-8(2)14-11-6-5-9(19(13,17)18)7-10(11)12(15)16/h3,5-8,14H,1,4H2,2H3,(H,15,16)(H2,13,17,18). The van der Waals surface area contributed by atoms with E-state index in [0.717, 1.165) is 6.07 Å². The highest BCUT2D eigenvalue weighted by molar-refractivity contribution is 7.89. The third-order valence-electron chi connectivity index (χ3n) is 2.47. The van der Waals surface area contributed by atoms with Crippen LogP contribution in [-0.4, -0.2) is 25.5 Å². The Bertz CT molecular complexity index is 596. The van der Waals surface area contributed by atoms with Crippen LogP contribution >= 0.6 is 0 Å². The van der Waals surface area contributed by atoms with Crippen LogP contribution < -0.4 is 10.5 Å². The Labute approximate surface area is 112 Å². The molecule has 0 saturated carbocycles. The molecule has 1 unspecified atom stereocenters. The topological polar surface area (TPSA) is 109 Å². The Morgan fingerprint density at radius 3 is 2.68 bits per heavy atom. The average Bonchev–Trinajstić information content (AvgIpc) is 2.27. The van der Waals surface area contributed by atoms with E-state index in [1.807, 2.05) is 6.92 Å². The molecule has 0 aromatic heterocycles. The number of aromatic carboxylic acids is 1. The molecule has 1 rings (SSSR count). The van der Waals surface area contributed by atoms with Crippen LogP contribution in [-0.2, 0) is 10.0 Å². The number of carboxylic acid groups (broad SMARTS) is 1. The summed E-state index contributed by atoms with van der Waals surface area (Å²) >= 11 is 0. The van der Waals surface area contributed by atoms with E-state index >= 15 is 0 Å². The van der Waals surface area contributed by atoms with Crippen LogP contribution in [0.4, 0.5) is 5.69 Å². The lowest BCUT2D eigenvalue weighted by Crippen LogP contribution is -2.18. The summed E-state index contributed by atoms with van der Waals surface area (Å²) in [6, 6.07) is 3.68. The summed E-state index contributed by atoms with van der Waals surface area (Å²) in [5.41, 5.74) is 0.205. The van der Waals surface area contributed by atoms with E-state index in [1.54, 1.807) is 6.08 Å². The van der Waals surface area contributed by atoms with Gasteiger partial charge in [0.2, 0.25) is 10.0 Å². The summed E-state index contributed by atoms with van der Waals surface area (Å²) in [4.78, 5) is 10.9. The first-order chi connectivity index (χ1) is 8.75. The van der Waals surface area contributed by atoms with E-state index in [0.29, 0.717) is 12.1 Å². The van der Waals surface area contributed by atoms with Crippen LogP contribution in [0, 0.1) is 0 Å². The summed E-state index contributed by atoms with van der Waals surface area (Å²) in [7, 11) is -3.92. The van der Waals surface area contributed by atoms with Gasteiger partial charge in [-0.05, 0) is 31.5 Å². The van der Waals surface area contributed by atoms with Gasteiger partial charge in [-0.2, -0.15) is 0 Å². The fraction of sp³-hybridized carbons (Fsp3) is 0.250. The van der Waals surface area contributed by atoms with Crippen molar-refractivity contribution < 1.29 is 18.3 Å². The minimum absolute atomic E-state index is 0.0177. The molecule has 19 heavy (non-hydrogen) atoms.